The molecule has 0 radical (unpaired) electrons. The van der Waals surface area contributed by atoms with Gasteiger partial charge in [0, 0.05) is 32.7 Å². The summed E-state index contributed by atoms with van der Waals surface area (Å²) >= 11 is 0. The molecule has 0 bridgehead atoms. The maximum absolute atomic E-state index is 12.7. The normalized spacial score (nSPS) is 18.2. The van der Waals surface area contributed by atoms with Gasteiger partial charge in [-0.15, -0.1) is 12.4 Å². The second kappa shape index (κ2) is 10.3. The number of piperazine rings is 1. The molecule has 2 aliphatic rings. The first-order valence-electron chi connectivity index (χ1n) is 9.29. The number of nitrogens with zero attached hydrogens (tertiary/aromatic N) is 3. The summed E-state index contributed by atoms with van der Waals surface area (Å²) in [5.74, 6) is 0.105. The van der Waals surface area contributed by atoms with E-state index in [1.165, 1.54) is 0 Å². The number of aliphatic carboxylic acids is 1. The average molecular weight is 428 g/mol. The zero-order valence-corrected chi connectivity index (χ0v) is 17.1. The lowest BCUT2D eigenvalue weighted by Gasteiger charge is -2.37. The minimum Gasteiger partial charge on any atom is -0.485 e. The molecule has 10 heteroatoms. The van der Waals surface area contributed by atoms with Gasteiger partial charge in [0.1, 0.15) is 6.61 Å². The van der Waals surface area contributed by atoms with E-state index in [9.17, 15) is 14.4 Å². The van der Waals surface area contributed by atoms with Crippen LogP contribution in [0, 0.1) is 0 Å². The molecule has 1 aromatic carbocycles. The van der Waals surface area contributed by atoms with Crippen molar-refractivity contribution in [2.45, 2.75) is 12.5 Å². The van der Waals surface area contributed by atoms with Crippen LogP contribution < -0.4 is 9.47 Å². The van der Waals surface area contributed by atoms with Crippen LogP contribution in [0.25, 0.3) is 0 Å². The van der Waals surface area contributed by atoms with Crippen molar-refractivity contribution in [3.8, 4) is 11.5 Å². The lowest BCUT2D eigenvalue weighted by molar-refractivity contribution is -0.146. The van der Waals surface area contributed by atoms with E-state index in [2.05, 4.69) is 0 Å². The van der Waals surface area contributed by atoms with Crippen LogP contribution in [0.3, 0.4) is 0 Å². The Labute approximate surface area is 175 Å². The van der Waals surface area contributed by atoms with E-state index >= 15 is 0 Å². The number of hydrogen-bond donors (Lipinski definition) is 1. The molecule has 1 unspecified atom stereocenters. The van der Waals surface area contributed by atoms with Crippen LogP contribution in [0.1, 0.15) is 6.42 Å². The molecule has 1 N–H and O–H groups in total. The molecule has 1 fully saturated rings. The number of carbonyl (C=O) groups excluding carboxylic acids is 2. The summed E-state index contributed by atoms with van der Waals surface area (Å²) in [6, 6.07) is 7.24. The van der Waals surface area contributed by atoms with Gasteiger partial charge in [0.15, 0.2) is 11.5 Å². The zero-order chi connectivity index (χ0) is 20.1. The average Bonchev–Trinajstić information content (AvgIpc) is 2.71. The fourth-order valence-corrected chi connectivity index (χ4v) is 3.22. The van der Waals surface area contributed by atoms with E-state index in [0.717, 1.165) is 0 Å². The van der Waals surface area contributed by atoms with E-state index in [1.807, 2.05) is 12.1 Å². The highest BCUT2D eigenvalue weighted by atomic mass is 35.5. The Morgan fingerprint density at radius 3 is 2.38 bits per heavy atom. The van der Waals surface area contributed by atoms with Gasteiger partial charge in [-0.25, -0.2) is 0 Å². The Morgan fingerprint density at radius 2 is 1.72 bits per heavy atom. The van der Waals surface area contributed by atoms with Gasteiger partial charge >= 0.3 is 5.97 Å². The number of carbonyl (C=O) groups is 3. The van der Waals surface area contributed by atoms with Crippen molar-refractivity contribution < 1.29 is 29.0 Å². The molecule has 0 spiro atoms. The second-order valence-corrected chi connectivity index (χ2v) is 6.95. The van der Waals surface area contributed by atoms with Gasteiger partial charge in [0.25, 0.3) is 5.91 Å². The first-order valence-corrected chi connectivity index (χ1v) is 9.29. The highest BCUT2D eigenvalue weighted by Crippen LogP contribution is 2.31. The molecule has 1 aromatic rings. The van der Waals surface area contributed by atoms with Crippen LogP contribution in [0.15, 0.2) is 24.3 Å². The van der Waals surface area contributed by atoms with Gasteiger partial charge in [0.05, 0.1) is 13.0 Å². The number of ether oxygens (including phenoxy) is 2. The molecule has 29 heavy (non-hydrogen) atoms. The quantitative estimate of drug-likeness (QED) is 0.698. The fourth-order valence-electron chi connectivity index (χ4n) is 3.22. The third-order valence-electron chi connectivity index (χ3n) is 4.84. The molecule has 0 aliphatic carbocycles. The summed E-state index contributed by atoms with van der Waals surface area (Å²) in [6.07, 6.45) is -0.683. The minimum absolute atomic E-state index is 0. The number of para-hydroxylation sites is 2. The van der Waals surface area contributed by atoms with E-state index in [0.29, 0.717) is 44.2 Å². The summed E-state index contributed by atoms with van der Waals surface area (Å²) in [7, 11) is 1.72. The van der Waals surface area contributed by atoms with Crippen molar-refractivity contribution in [2.75, 3.05) is 52.9 Å². The molecule has 9 nitrogen and oxygen atoms in total. The molecule has 0 saturated carbocycles. The van der Waals surface area contributed by atoms with Crippen molar-refractivity contribution >= 4 is 30.2 Å². The monoisotopic (exact) mass is 427 g/mol. The predicted molar refractivity (Wildman–Crippen MR) is 107 cm³/mol. The van der Waals surface area contributed by atoms with Crippen molar-refractivity contribution in [2.24, 2.45) is 0 Å². The van der Waals surface area contributed by atoms with Crippen LogP contribution in [-0.2, 0) is 14.4 Å². The van der Waals surface area contributed by atoms with Crippen LogP contribution in [-0.4, -0.2) is 96.6 Å². The number of carboxylic acids is 1. The molecule has 0 aromatic heterocycles. The second-order valence-electron chi connectivity index (χ2n) is 6.95. The summed E-state index contributed by atoms with van der Waals surface area (Å²) in [6.45, 7) is 2.42. The molecule has 1 saturated heterocycles. The van der Waals surface area contributed by atoms with E-state index < -0.39 is 12.1 Å². The number of amides is 2. The first-order chi connectivity index (χ1) is 13.4. The Hall–Kier alpha value is -2.52. The standard InChI is InChI=1S/C19H25N3O6.ClH/c1-20(7-6-18(24)25)12-17(23)21-8-10-22(11-9-21)19(26)16-13-27-14-4-2-3-5-15(14)28-16;/h2-5,16H,6-13H2,1H3,(H,24,25);1H. The fraction of sp³-hybridized carbons (Fsp3) is 0.526. The van der Waals surface area contributed by atoms with Gasteiger partial charge in [-0.2, -0.15) is 0 Å². The Balaban J connectivity index is 0.00000300. The summed E-state index contributed by atoms with van der Waals surface area (Å²) < 4.78 is 11.4. The number of carboxylic acid groups (broad SMARTS) is 1. The van der Waals surface area contributed by atoms with E-state index in [4.69, 9.17) is 14.6 Å². The highest BCUT2D eigenvalue weighted by Gasteiger charge is 2.33. The third kappa shape index (κ3) is 5.98. The molecular weight excluding hydrogens is 402 g/mol. The predicted octanol–water partition coefficient (Wildman–Crippen LogP) is 0.326. The maximum atomic E-state index is 12.7. The Kier molecular flexibility index (Phi) is 8.10. The topological polar surface area (TPSA) is 99.6 Å². The third-order valence-corrected chi connectivity index (χ3v) is 4.84. The molecule has 2 amide bonds. The van der Waals surface area contributed by atoms with Gasteiger partial charge in [-0.1, -0.05) is 12.1 Å². The number of hydrogen-bond acceptors (Lipinski definition) is 6. The zero-order valence-electron chi connectivity index (χ0n) is 16.3. The smallest absolute Gasteiger partial charge is 0.304 e. The first kappa shape index (κ1) is 22.8. The number of benzene rings is 1. The lowest BCUT2D eigenvalue weighted by Crippen LogP contribution is -2.56. The highest BCUT2D eigenvalue weighted by molar-refractivity contribution is 5.85. The number of halogens is 1. The number of likely N-dealkylation sites (N-methyl/N-ethyl adjacent to an activating group) is 1. The maximum Gasteiger partial charge on any atom is 0.304 e. The lowest BCUT2D eigenvalue weighted by atomic mass is 10.2. The van der Waals surface area contributed by atoms with Gasteiger partial charge in [-0.05, 0) is 19.2 Å². The summed E-state index contributed by atoms with van der Waals surface area (Å²) in [5.41, 5.74) is 0. The number of rotatable bonds is 6. The van der Waals surface area contributed by atoms with Crippen LogP contribution in [0.5, 0.6) is 11.5 Å². The molecule has 3 rings (SSSR count). The largest absolute Gasteiger partial charge is 0.485 e. The molecular formula is C19H26ClN3O6. The SMILES string of the molecule is CN(CCC(=O)O)CC(=O)N1CCN(C(=O)C2COc3ccccc3O2)CC1.Cl. The van der Waals surface area contributed by atoms with E-state index in [1.54, 1.807) is 33.9 Å². The van der Waals surface area contributed by atoms with Crippen molar-refractivity contribution in [3.05, 3.63) is 24.3 Å². The summed E-state index contributed by atoms with van der Waals surface area (Å²) in [4.78, 5) is 40.8. The summed E-state index contributed by atoms with van der Waals surface area (Å²) in [5, 5.41) is 8.71. The molecule has 160 valence electrons. The van der Waals surface area contributed by atoms with Gasteiger partial charge in [0.2, 0.25) is 12.0 Å². The van der Waals surface area contributed by atoms with Crippen LogP contribution >= 0.6 is 12.4 Å². The molecule has 2 heterocycles. The molecule has 1 atom stereocenters. The minimum atomic E-state index is -0.886. The Morgan fingerprint density at radius 1 is 1.10 bits per heavy atom. The number of fused-ring (bicyclic) bond motifs is 1. The molecule has 2 aliphatic heterocycles. The van der Waals surface area contributed by atoms with Crippen molar-refractivity contribution in [3.63, 3.8) is 0 Å². The van der Waals surface area contributed by atoms with Gasteiger partial charge in [-0.3, -0.25) is 19.3 Å². The van der Waals surface area contributed by atoms with Crippen LogP contribution in [0.4, 0.5) is 0 Å². The Bertz CT molecular complexity index is 738. The van der Waals surface area contributed by atoms with Crippen LogP contribution in [0.2, 0.25) is 0 Å². The van der Waals surface area contributed by atoms with Crippen molar-refractivity contribution in [1.29, 1.82) is 0 Å². The van der Waals surface area contributed by atoms with Crippen molar-refractivity contribution in [1.82, 2.24) is 14.7 Å². The van der Waals surface area contributed by atoms with E-state index in [-0.39, 0.29) is 43.8 Å². The van der Waals surface area contributed by atoms with Gasteiger partial charge < -0.3 is 24.4 Å².